The molecule has 1 atom stereocenters. The molecule has 0 saturated carbocycles. The lowest BCUT2D eigenvalue weighted by Crippen LogP contribution is -2.52. The summed E-state index contributed by atoms with van der Waals surface area (Å²) in [6.07, 6.45) is 1.04. The van der Waals surface area contributed by atoms with Crippen LogP contribution in [-0.4, -0.2) is 50.0 Å². The van der Waals surface area contributed by atoms with Crippen LogP contribution >= 0.6 is 45.8 Å². The van der Waals surface area contributed by atoms with Crippen LogP contribution in [0.4, 0.5) is 5.69 Å². The van der Waals surface area contributed by atoms with Crippen molar-refractivity contribution in [2.75, 3.05) is 17.1 Å². The highest BCUT2D eigenvalue weighted by Crippen LogP contribution is 2.24. The van der Waals surface area contributed by atoms with Gasteiger partial charge in [-0.2, -0.15) is 0 Å². The standard InChI is InChI=1S/C22H26Cl2IN3O4S/c1-14(2)26-22(30)15(3)27(12-16-5-6-17(23)11-20(16)24)21(29)13-28(33(4,31)32)19-9-7-18(25)8-10-19/h5-11,14-15H,12-13H2,1-4H3,(H,26,30)/t15-/m1/s1. The molecule has 0 aliphatic carbocycles. The Kier molecular flexibility index (Phi) is 9.83. The molecule has 2 rings (SSSR count). The third kappa shape index (κ3) is 8.01. The summed E-state index contributed by atoms with van der Waals surface area (Å²) >= 11 is 14.4. The number of carbonyl (C=O) groups is 2. The SMILES string of the molecule is CC(C)NC(=O)[C@@H](C)N(Cc1ccc(Cl)cc1Cl)C(=O)CN(c1ccc(I)cc1)S(C)(=O)=O. The van der Waals surface area contributed by atoms with Crippen molar-refractivity contribution in [1.82, 2.24) is 10.2 Å². The molecular weight excluding hydrogens is 600 g/mol. The van der Waals surface area contributed by atoms with Crippen LogP contribution in [0.5, 0.6) is 0 Å². The molecule has 0 aromatic heterocycles. The van der Waals surface area contributed by atoms with Crippen molar-refractivity contribution in [3.63, 3.8) is 0 Å². The number of hydrogen-bond acceptors (Lipinski definition) is 4. The Morgan fingerprint density at radius 3 is 2.18 bits per heavy atom. The first-order chi connectivity index (χ1) is 15.3. The Balaban J connectivity index is 2.41. The number of nitrogens with zero attached hydrogens (tertiary/aromatic N) is 2. The molecule has 1 N–H and O–H groups in total. The molecule has 0 unspecified atom stereocenters. The number of benzene rings is 2. The minimum Gasteiger partial charge on any atom is -0.352 e. The summed E-state index contributed by atoms with van der Waals surface area (Å²) in [5, 5.41) is 3.57. The van der Waals surface area contributed by atoms with Gasteiger partial charge in [0.15, 0.2) is 0 Å². The molecule has 2 aromatic carbocycles. The maximum absolute atomic E-state index is 13.4. The van der Waals surface area contributed by atoms with Crippen LogP contribution in [0.25, 0.3) is 0 Å². The Bertz CT molecular complexity index is 1110. The second-order valence-corrected chi connectivity index (χ2v) is 11.8. The second-order valence-electron chi connectivity index (χ2n) is 7.84. The van der Waals surface area contributed by atoms with Gasteiger partial charge in [0.1, 0.15) is 12.6 Å². The van der Waals surface area contributed by atoms with E-state index in [-0.39, 0.29) is 18.5 Å². The molecule has 2 amide bonds. The van der Waals surface area contributed by atoms with Gasteiger partial charge >= 0.3 is 0 Å². The Morgan fingerprint density at radius 1 is 1.06 bits per heavy atom. The van der Waals surface area contributed by atoms with Gasteiger partial charge in [-0.1, -0.05) is 29.3 Å². The van der Waals surface area contributed by atoms with E-state index in [9.17, 15) is 18.0 Å². The van der Waals surface area contributed by atoms with Crippen LogP contribution in [-0.2, 0) is 26.2 Å². The molecule has 0 fully saturated rings. The van der Waals surface area contributed by atoms with Crippen molar-refractivity contribution in [2.24, 2.45) is 0 Å². The largest absolute Gasteiger partial charge is 0.352 e. The van der Waals surface area contributed by atoms with Gasteiger partial charge in [0.05, 0.1) is 11.9 Å². The fraction of sp³-hybridized carbons (Fsp3) is 0.364. The molecular formula is C22H26Cl2IN3O4S. The summed E-state index contributed by atoms with van der Waals surface area (Å²) in [4.78, 5) is 27.5. The molecule has 33 heavy (non-hydrogen) atoms. The van der Waals surface area contributed by atoms with Crippen LogP contribution in [0.15, 0.2) is 42.5 Å². The van der Waals surface area contributed by atoms with E-state index in [4.69, 9.17) is 23.2 Å². The van der Waals surface area contributed by atoms with E-state index in [0.29, 0.717) is 21.3 Å². The summed E-state index contributed by atoms with van der Waals surface area (Å²) in [7, 11) is -3.77. The first kappa shape index (κ1) is 27.7. The first-order valence-electron chi connectivity index (χ1n) is 10.1. The molecule has 180 valence electrons. The maximum Gasteiger partial charge on any atom is 0.244 e. The van der Waals surface area contributed by atoms with E-state index in [0.717, 1.165) is 14.1 Å². The quantitative estimate of drug-likeness (QED) is 0.421. The fourth-order valence-corrected chi connectivity index (χ4v) is 4.72. The number of nitrogens with one attached hydrogen (secondary N) is 1. The van der Waals surface area contributed by atoms with Gasteiger partial charge < -0.3 is 10.2 Å². The predicted octanol–water partition coefficient (Wildman–Crippen LogP) is 4.31. The van der Waals surface area contributed by atoms with Crippen molar-refractivity contribution in [3.05, 3.63) is 61.6 Å². The molecule has 7 nitrogen and oxygen atoms in total. The minimum absolute atomic E-state index is 0.00576. The summed E-state index contributed by atoms with van der Waals surface area (Å²) in [5.41, 5.74) is 0.939. The average Bonchev–Trinajstić information content (AvgIpc) is 2.70. The second kappa shape index (κ2) is 11.7. The predicted molar refractivity (Wildman–Crippen MR) is 141 cm³/mol. The number of anilines is 1. The molecule has 0 bridgehead atoms. The molecule has 0 saturated heterocycles. The van der Waals surface area contributed by atoms with Gasteiger partial charge in [-0.15, -0.1) is 0 Å². The van der Waals surface area contributed by atoms with Crippen LogP contribution < -0.4 is 9.62 Å². The first-order valence-corrected chi connectivity index (χ1v) is 13.7. The highest BCUT2D eigenvalue weighted by Gasteiger charge is 2.30. The topological polar surface area (TPSA) is 86.8 Å². The number of rotatable bonds is 9. The molecule has 0 spiro atoms. The zero-order chi connectivity index (χ0) is 24.9. The third-order valence-electron chi connectivity index (χ3n) is 4.75. The highest BCUT2D eigenvalue weighted by atomic mass is 127. The van der Waals surface area contributed by atoms with Crippen molar-refractivity contribution >= 4 is 73.3 Å². The summed E-state index contributed by atoms with van der Waals surface area (Å²) in [6, 6.07) is 10.6. The van der Waals surface area contributed by atoms with E-state index in [1.165, 1.54) is 4.90 Å². The zero-order valence-corrected chi connectivity index (χ0v) is 23.2. The lowest BCUT2D eigenvalue weighted by Gasteiger charge is -2.32. The molecule has 0 aliphatic rings. The number of amides is 2. The summed E-state index contributed by atoms with van der Waals surface area (Å²) in [6.45, 7) is 4.76. The Labute approximate surface area is 218 Å². The molecule has 2 aromatic rings. The molecule has 0 radical (unpaired) electrons. The smallest absolute Gasteiger partial charge is 0.244 e. The molecule has 0 aliphatic heterocycles. The van der Waals surface area contributed by atoms with Crippen LogP contribution in [0.1, 0.15) is 26.3 Å². The Morgan fingerprint density at radius 2 is 1.67 bits per heavy atom. The van der Waals surface area contributed by atoms with E-state index in [2.05, 4.69) is 27.9 Å². The van der Waals surface area contributed by atoms with E-state index >= 15 is 0 Å². The van der Waals surface area contributed by atoms with Gasteiger partial charge in [-0.05, 0) is 85.3 Å². The normalized spacial score (nSPS) is 12.4. The van der Waals surface area contributed by atoms with Gasteiger partial charge in [0.25, 0.3) is 0 Å². The molecule has 0 heterocycles. The van der Waals surface area contributed by atoms with Crippen LogP contribution in [0, 0.1) is 3.57 Å². The summed E-state index contributed by atoms with van der Waals surface area (Å²) < 4.78 is 27.0. The number of sulfonamides is 1. The summed E-state index contributed by atoms with van der Waals surface area (Å²) in [5.74, 6) is -0.903. The maximum atomic E-state index is 13.4. The van der Waals surface area contributed by atoms with Crippen LogP contribution in [0.3, 0.4) is 0 Å². The fourth-order valence-electron chi connectivity index (χ4n) is 3.04. The van der Waals surface area contributed by atoms with Crippen molar-refractivity contribution < 1.29 is 18.0 Å². The van der Waals surface area contributed by atoms with Gasteiger partial charge in [-0.25, -0.2) is 8.42 Å². The van der Waals surface area contributed by atoms with Gasteiger partial charge in [-0.3, -0.25) is 13.9 Å². The van der Waals surface area contributed by atoms with Crippen LogP contribution in [0.2, 0.25) is 10.0 Å². The molecule has 11 heteroatoms. The average molecular weight is 626 g/mol. The van der Waals surface area contributed by atoms with Crippen molar-refractivity contribution in [2.45, 2.75) is 39.4 Å². The zero-order valence-electron chi connectivity index (χ0n) is 18.7. The Hall–Kier alpha value is -1.56. The van der Waals surface area contributed by atoms with Crippen molar-refractivity contribution in [1.29, 1.82) is 0 Å². The van der Waals surface area contributed by atoms with Gasteiger partial charge in [0, 0.05) is 26.2 Å². The monoisotopic (exact) mass is 625 g/mol. The number of carbonyl (C=O) groups excluding carboxylic acids is 2. The highest BCUT2D eigenvalue weighted by molar-refractivity contribution is 14.1. The third-order valence-corrected chi connectivity index (χ3v) is 7.19. The lowest BCUT2D eigenvalue weighted by molar-refractivity contribution is -0.139. The van der Waals surface area contributed by atoms with E-state index < -0.39 is 28.5 Å². The number of halogens is 3. The minimum atomic E-state index is -3.77. The van der Waals surface area contributed by atoms with Crippen molar-refractivity contribution in [3.8, 4) is 0 Å². The van der Waals surface area contributed by atoms with E-state index in [1.54, 1.807) is 49.4 Å². The van der Waals surface area contributed by atoms with Gasteiger partial charge in [0.2, 0.25) is 21.8 Å². The number of hydrogen-bond donors (Lipinski definition) is 1. The lowest BCUT2D eigenvalue weighted by atomic mass is 10.1. The van der Waals surface area contributed by atoms with E-state index in [1.807, 2.05) is 13.8 Å².